The van der Waals surface area contributed by atoms with Crippen molar-refractivity contribution in [3.8, 4) is 5.75 Å². The Hall–Kier alpha value is -4.91. The average molecular weight is 492 g/mol. The van der Waals surface area contributed by atoms with Gasteiger partial charge in [-0.2, -0.15) is 0 Å². The highest BCUT2D eigenvalue weighted by atomic mass is 16.5. The van der Waals surface area contributed by atoms with E-state index in [1.807, 2.05) is 55.5 Å². The minimum atomic E-state index is -0.633. The van der Waals surface area contributed by atoms with Gasteiger partial charge in [0.2, 0.25) is 5.91 Å². The number of hydrogen-bond donors (Lipinski definition) is 2. The number of nitrogens with zero attached hydrogens (tertiary/aromatic N) is 1. The number of aryl methyl sites for hydroxylation is 1. The van der Waals surface area contributed by atoms with Crippen molar-refractivity contribution in [2.24, 2.45) is 0 Å². The van der Waals surface area contributed by atoms with E-state index >= 15 is 0 Å². The second-order valence-electron chi connectivity index (χ2n) is 8.84. The van der Waals surface area contributed by atoms with Crippen LogP contribution in [0.3, 0.4) is 0 Å². The van der Waals surface area contributed by atoms with E-state index in [0.717, 1.165) is 21.4 Å². The largest absolute Gasteiger partial charge is 0.489 e. The summed E-state index contributed by atoms with van der Waals surface area (Å²) in [5.41, 5.74) is 3.49. The molecule has 2 N–H and O–H groups in total. The van der Waals surface area contributed by atoms with Gasteiger partial charge in [0, 0.05) is 5.69 Å². The van der Waals surface area contributed by atoms with E-state index in [-0.39, 0.29) is 12.2 Å². The van der Waals surface area contributed by atoms with E-state index in [2.05, 4.69) is 34.9 Å². The molecule has 5 rings (SSSR count). The lowest BCUT2D eigenvalue weighted by molar-refractivity contribution is -0.127. The molecule has 1 fully saturated rings. The molecule has 184 valence electrons. The highest BCUT2D eigenvalue weighted by Crippen LogP contribution is 2.20. The van der Waals surface area contributed by atoms with Crippen LogP contribution in [0.2, 0.25) is 0 Å². The third-order valence-electron chi connectivity index (χ3n) is 5.98. The maximum absolute atomic E-state index is 12.8. The number of carbonyl (C=O) groups excluding carboxylic acids is 3. The van der Waals surface area contributed by atoms with Crippen LogP contribution in [0.1, 0.15) is 16.7 Å². The van der Waals surface area contributed by atoms with Gasteiger partial charge in [0.15, 0.2) is 0 Å². The molecule has 0 saturated carbocycles. The van der Waals surface area contributed by atoms with Crippen molar-refractivity contribution in [1.29, 1.82) is 0 Å². The van der Waals surface area contributed by atoms with Crippen LogP contribution in [-0.2, 0) is 16.2 Å². The summed E-state index contributed by atoms with van der Waals surface area (Å²) in [5.74, 6) is -0.323. The zero-order valence-corrected chi connectivity index (χ0v) is 20.2. The first-order chi connectivity index (χ1) is 17.9. The molecule has 1 saturated heterocycles. The summed E-state index contributed by atoms with van der Waals surface area (Å²) in [4.78, 5) is 38.4. The molecule has 0 aliphatic carbocycles. The van der Waals surface area contributed by atoms with Crippen molar-refractivity contribution in [3.05, 3.63) is 113 Å². The van der Waals surface area contributed by atoms with Crippen LogP contribution < -0.4 is 15.4 Å². The molecule has 0 aromatic heterocycles. The van der Waals surface area contributed by atoms with Crippen molar-refractivity contribution in [2.75, 3.05) is 11.9 Å². The van der Waals surface area contributed by atoms with Crippen LogP contribution in [0, 0.1) is 6.92 Å². The number of amides is 4. The zero-order chi connectivity index (χ0) is 25.8. The van der Waals surface area contributed by atoms with Crippen LogP contribution in [-0.4, -0.2) is 29.3 Å². The van der Waals surface area contributed by atoms with E-state index in [4.69, 9.17) is 4.74 Å². The topological polar surface area (TPSA) is 87.7 Å². The maximum Gasteiger partial charge on any atom is 0.329 e. The van der Waals surface area contributed by atoms with Crippen LogP contribution in [0.4, 0.5) is 10.5 Å². The van der Waals surface area contributed by atoms with E-state index in [1.165, 1.54) is 5.39 Å². The molecule has 7 nitrogen and oxygen atoms in total. The van der Waals surface area contributed by atoms with Crippen molar-refractivity contribution in [3.63, 3.8) is 0 Å². The average Bonchev–Trinajstić information content (AvgIpc) is 3.15. The minimum absolute atomic E-state index is 0.109. The van der Waals surface area contributed by atoms with Crippen LogP contribution in [0.15, 0.2) is 96.7 Å². The Bertz CT molecular complexity index is 1530. The molecule has 1 aliphatic rings. The quantitative estimate of drug-likeness (QED) is 0.273. The molecule has 4 aromatic carbocycles. The Kier molecular flexibility index (Phi) is 6.68. The number of fused-ring (bicyclic) bond motifs is 1. The van der Waals surface area contributed by atoms with Gasteiger partial charge in [-0.25, -0.2) is 9.69 Å². The fourth-order valence-corrected chi connectivity index (χ4v) is 4.10. The van der Waals surface area contributed by atoms with Gasteiger partial charge in [0.25, 0.3) is 5.91 Å². The lowest BCUT2D eigenvalue weighted by atomic mass is 10.1. The lowest BCUT2D eigenvalue weighted by Gasteiger charge is -2.12. The van der Waals surface area contributed by atoms with E-state index in [1.54, 1.807) is 24.3 Å². The highest BCUT2D eigenvalue weighted by Gasteiger charge is 2.34. The first-order valence-electron chi connectivity index (χ1n) is 11.9. The van der Waals surface area contributed by atoms with Gasteiger partial charge in [-0.15, -0.1) is 0 Å². The predicted octanol–water partition coefficient (Wildman–Crippen LogP) is 5.26. The minimum Gasteiger partial charge on any atom is -0.489 e. The summed E-state index contributed by atoms with van der Waals surface area (Å²) in [7, 11) is 0. The van der Waals surface area contributed by atoms with E-state index in [0.29, 0.717) is 23.6 Å². The third kappa shape index (κ3) is 5.67. The number of urea groups is 1. The molecule has 1 heterocycles. The number of imide groups is 1. The SMILES string of the molecule is Cc1cccc(NC(=O)CN2C(=O)N/C(=C/c3ccc(OCc4ccc5ccccc5c4)cc3)C2=O)c1. The fraction of sp³-hybridized carbons (Fsp3) is 0.100. The van der Waals surface area contributed by atoms with Gasteiger partial charge in [0.1, 0.15) is 24.6 Å². The van der Waals surface area contributed by atoms with E-state index in [9.17, 15) is 14.4 Å². The molecule has 37 heavy (non-hydrogen) atoms. The molecule has 0 radical (unpaired) electrons. The number of nitrogens with one attached hydrogen (secondary N) is 2. The number of carbonyl (C=O) groups is 3. The molecule has 0 bridgehead atoms. The monoisotopic (exact) mass is 491 g/mol. The van der Waals surface area contributed by atoms with Gasteiger partial charge in [0.05, 0.1) is 0 Å². The molecule has 7 heteroatoms. The standard InChI is InChI=1S/C30H25N3O4/c1-20-5-4-8-25(15-20)31-28(34)18-33-29(35)27(32-30(33)36)17-21-10-13-26(14-11-21)37-19-22-9-12-23-6-2-3-7-24(23)16-22/h2-17H,18-19H2,1H3,(H,31,34)(H,32,36)/b27-17+. The van der Waals surface area contributed by atoms with Crippen molar-refractivity contribution in [2.45, 2.75) is 13.5 Å². The summed E-state index contributed by atoms with van der Waals surface area (Å²) in [6, 6.07) is 28.3. The van der Waals surface area contributed by atoms with Gasteiger partial charge in [-0.3, -0.25) is 9.59 Å². The summed E-state index contributed by atoms with van der Waals surface area (Å²) in [5, 5.41) is 7.60. The lowest BCUT2D eigenvalue weighted by Crippen LogP contribution is -2.38. The first kappa shape index (κ1) is 23.8. The van der Waals surface area contributed by atoms with Gasteiger partial charge in [-0.1, -0.05) is 60.7 Å². The first-order valence-corrected chi connectivity index (χ1v) is 11.9. The van der Waals surface area contributed by atoms with Crippen molar-refractivity contribution >= 4 is 40.4 Å². The number of hydrogen-bond acceptors (Lipinski definition) is 4. The van der Waals surface area contributed by atoms with Crippen LogP contribution >= 0.6 is 0 Å². The Morgan fingerprint density at radius 1 is 0.919 bits per heavy atom. The second-order valence-corrected chi connectivity index (χ2v) is 8.84. The summed E-state index contributed by atoms with van der Waals surface area (Å²) in [6.45, 7) is 1.96. The Balaban J connectivity index is 1.19. The normalized spacial score (nSPS) is 14.2. The smallest absolute Gasteiger partial charge is 0.329 e. The van der Waals surface area contributed by atoms with Crippen LogP contribution in [0.25, 0.3) is 16.8 Å². The molecule has 0 unspecified atom stereocenters. The Labute approximate surface area is 214 Å². The number of rotatable bonds is 7. The van der Waals surface area contributed by atoms with Gasteiger partial charge < -0.3 is 15.4 Å². The summed E-state index contributed by atoms with van der Waals surface area (Å²) in [6.07, 6.45) is 1.58. The van der Waals surface area contributed by atoms with Crippen molar-refractivity contribution in [1.82, 2.24) is 10.2 Å². The fourth-order valence-electron chi connectivity index (χ4n) is 4.10. The van der Waals surface area contributed by atoms with Crippen LogP contribution in [0.5, 0.6) is 5.75 Å². The van der Waals surface area contributed by atoms with Crippen molar-refractivity contribution < 1.29 is 19.1 Å². The molecule has 0 spiro atoms. The molecular formula is C30H25N3O4. The predicted molar refractivity (Wildman–Crippen MR) is 143 cm³/mol. The highest BCUT2D eigenvalue weighted by molar-refractivity contribution is 6.15. The third-order valence-corrected chi connectivity index (χ3v) is 5.98. The summed E-state index contributed by atoms with van der Waals surface area (Å²) >= 11 is 0. The molecule has 0 atom stereocenters. The molecule has 1 aliphatic heterocycles. The zero-order valence-electron chi connectivity index (χ0n) is 20.2. The van der Waals surface area contributed by atoms with Gasteiger partial charge >= 0.3 is 6.03 Å². The molecular weight excluding hydrogens is 466 g/mol. The molecule has 4 aromatic rings. The number of benzene rings is 4. The Morgan fingerprint density at radius 2 is 1.70 bits per heavy atom. The summed E-state index contributed by atoms with van der Waals surface area (Å²) < 4.78 is 5.91. The number of anilines is 1. The molecule has 4 amide bonds. The second kappa shape index (κ2) is 10.4. The maximum atomic E-state index is 12.8. The Morgan fingerprint density at radius 3 is 2.49 bits per heavy atom. The number of ether oxygens (including phenoxy) is 1. The van der Waals surface area contributed by atoms with Gasteiger partial charge in [-0.05, 0) is 70.8 Å². The van der Waals surface area contributed by atoms with E-state index < -0.39 is 17.8 Å².